The summed E-state index contributed by atoms with van der Waals surface area (Å²) in [6.07, 6.45) is -1.51. The standard InChI is InChI=1S/C19H18F3N3O/c1-2-5-16(12-6-3-7-13(10-12)19(20,21)22)25-11-24-15-9-4-8-14(17(15)25)18(23)26/h3-4,6-11,16H,2,5H2,1H3,(H2,23,26)/t16-/m0/s1. The van der Waals surface area contributed by atoms with Gasteiger partial charge in [0, 0.05) is 0 Å². The van der Waals surface area contributed by atoms with E-state index < -0.39 is 17.6 Å². The number of carbonyl (C=O) groups is 1. The minimum atomic E-state index is -4.41. The van der Waals surface area contributed by atoms with Gasteiger partial charge in [-0.15, -0.1) is 0 Å². The van der Waals surface area contributed by atoms with Crippen LogP contribution in [0.1, 0.15) is 47.3 Å². The lowest BCUT2D eigenvalue weighted by Gasteiger charge is -2.21. The van der Waals surface area contributed by atoms with Gasteiger partial charge in [0.1, 0.15) is 0 Å². The van der Waals surface area contributed by atoms with Crippen LogP contribution in [-0.2, 0) is 6.18 Å². The number of hydrogen-bond donors (Lipinski definition) is 1. The van der Waals surface area contributed by atoms with Gasteiger partial charge in [0.15, 0.2) is 0 Å². The van der Waals surface area contributed by atoms with Crippen LogP contribution >= 0.6 is 0 Å². The number of imidazole rings is 1. The molecule has 3 aromatic rings. The van der Waals surface area contributed by atoms with Crippen molar-refractivity contribution >= 4 is 16.9 Å². The monoisotopic (exact) mass is 361 g/mol. The maximum Gasteiger partial charge on any atom is 0.416 e. The Balaban J connectivity index is 2.19. The zero-order chi connectivity index (χ0) is 18.9. The van der Waals surface area contributed by atoms with Gasteiger partial charge in [-0.1, -0.05) is 31.5 Å². The third-order valence-electron chi connectivity index (χ3n) is 4.36. The highest BCUT2D eigenvalue weighted by Crippen LogP contribution is 2.34. The number of primary amides is 1. The molecule has 26 heavy (non-hydrogen) atoms. The summed E-state index contributed by atoms with van der Waals surface area (Å²) in [6.45, 7) is 1.95. The average Bonchev–Trinajstić information content (AvgIpc) is 3.02. The lowest BCUT2D eigenvalue weighted by atomic mass is 9.99. The van der Waals surface area contributed by atoms with Crippen LogP contribution in [0.25, 0.3) is 11.0 Å². The average molecular weight is 361 g/mol. The van der Waals surface area contributed by atoms with E-state index in [2.05, 4.69) is 4.98 Å². The smallest absolute Gasteiger partial charge is 0.366 e. The summed E-state index contributed by atoms with van der Waals surface area (Å²) in [6, 6.07) is 9.90. The fourth-order valence-corrected chi connectivity index (χ4v) is 3.19. The molecule has 0 fully saturated rings. The summed E-state index contributed by atoms with van der Waals surface area (Å²) in [7, 11) is 0. The number of benzene rings is 2. The van der Waals surface area contributed by atoms with Crippen molar-refractivity contribution < 1.29 is 18.0 Å². The molecule has 0 saturated heterocycles. The molecule has 2 N–H and O–H groups in total. The summed E-state index contributed by atoms with van der Waals surface area (Å²) in [4.78, 5) is 16.1. The summed E-state index contributed by atoms with van der Waals surface area (Å²) >= 11 is 0. The molecule has 0 aliphatic heterocycles. The van der Waals surface area contributed by atoms with Crippen molar-refractivity contribution in [1.29, 1.82) is 0 Å². The first-order valence-electron chi connectivity index (χ1n) is 8.25. The van der Waals surface area contributed by atoms with Crippen LogP contribution in [0, 0.1) is 0 Å². The fraction of sp³-hybridized carbons (Fsp3) is 0.263. The molecule has 0 aliphatic rings. The van der Waals surface area contributed by atoms with Gasteiger partial charge in [-0.05, 0) is 36.2 Å². The van der Waals surface area contributed by atoms with Gasteiger partial charge in [-0.2, -0.15) is 13.2 Å². The van der Waals surface area contributed by atoms with E-state index in [9.17, 15) is 18.0 Å². The van der Waals surface area contributed by atoms with E-state index >= 15 is 0 Å². The number of rotatable bonds is 5. The Bertz CT molecular complexity index is 947. The van der Waals surface area contributed by atoms with Crippen molar-refractivity contribution in [3.8, 4) is 0 Å². The first-order chi connectivity index (χ1) is 12.3. The number of para-hydroxylation sites is 1. The van der Waals surface area contributed by atoms with Gasteiger partial charge in [0.25, 0.3) is 5.91 Å². The quantitative estimate of drug-likeness (QED) is 0.725. The summed E-state index contributed by atoms with van der Waals surface area (Å²) in [5.41, 5.74) is 6.70. The maximum absolute atomic E-state index is 13.1. The SMILES string of the molecule is CCC[C@@H](c1cccc(C(F)(F)F)c1)n1cnc2cccc(C(N)=O)c21. The molecule has 0 bridgehead atoms. The summed E-state index contributed by atoms with van der Waals surface area (Å²) in [5, 5.41) is 0. The number of nitrogens with zero attached hydrogens (tertiary/aromatic N) is 2. The van der Waals surface area contributed by atoms with Crippen molar-refractivity contribution in [2.24, 2.45) is 5.73 Å². The van der Waals surface area contributed by atoms with Crippen LogP contribution in [0.15, 0.2) is 48.8 Å². The molecule has 136 valence electrons. The van der Waals surface area contributed by atoms with E-state index in [0.29, 0.717) is 28.6 Å². The largest absolute Gasteiger partial charge is 0.416 e. The first-order valence-corrected chi connectivity index (χ1v) is 8.25. The molecular weight excluding hydrogens is 343 g/mol. The van der Waals surface area contributed by atoms with Crippen LogP contribution in [0.3, 0.4) is 0 Å². The molecule has 0 spiro atoms. The van der Waals surface area contributed by atoms with E-state index in [-0.39, 0.29) is 6.04 Å². The molecule has 0 saturated carbocycles. The topological polar surface area (TPSA) is 60.9 Å². The van der Waals surface area contributed by atoms with Crippen LogP contribution in [-0.4, -0.2) is 15.5 Å². The predicted octanol–water partition coefficient (Wildman–Crippen LogP) is 4.54. The normalized spacial score (nSPS) is 13.1. The first kappa shape index (κ1) is 18.0. The second-order valence-corrected chi connectivity index (χ2v) is 6.12. The third kappa shape index (κ3) is 3.29. The maximum atomic E-state index is 13.1. The molecule has 0 radical (unpaired) electrons. The number of amides is 1. The molecule has 0 unspecified atom stereocenters. The van der Waals surface area contributed by atoms with Gasteiger partial charge >= 0.3 is 6.18 Å². The summed E-state index contributed by atoms with van der Waals surface area (Å²) in [5.74, 6) is -0.600. The molecule has 1 amide bonds. The Morgan fingerprint density at radius 1 is 1.23 bits per heavy atom. The highest BCUT2D eigenvalue weighted by Gasteiger charge is 2.31. The minimum Gasteiger partial charge on any atom is -0.366 e. The van der Waals surface area contributed by atoms with Crippen molar-refractivity contribution in [2.45, 2.75) is 32.0 Å². The molecule has 1 heterocycles. The molecule has 4 nitrogen and oxygen atoms in total. The minimum absolute atomic E-state index is 0.299. The molecule has 0 aliphatic carbocycles. The lowest BCUT2D eigenvalue weighted by Crippen LogP contribution is -2.16. The molecule has 1 atom stereocenters. The Labute approximate surface area is 148 Å². The number of halogens is 3. The van der Waals surface area contributed by atoms with Crippen LogP contribution in [0.4, 0.5) is 13.2 Å². The Morgan fingerprint density at radius 2 is 1.96 bits per heavy atom. The van der Waals surface area contributed by atoms with Crippen LogP contribution < -0.4 is 5.73 Å². The number of carbonyl (C=O) groups excluding carboxylic acids is 1. The van der Waals surface area contributed by atoms with Crippen molar-refractivity contribution in [3.05, 3.63) is 65.5 Å². The van der Waals surface area contributed by atoms with E-state index in [4.69, 9.17) is 5.73 Å². The molecular formula is C19H18F3N3O. The van der Waals surface area contributed by atoms with Crippen LogP contribution in [0.2, 0.25) is 0 Å². The highest BCUT2D eigenvalue weighted by atomic mass is 19.4. The van der Waals surface area contributed by atoms with Gasteiger partial charge in [-0.25, -0.2) is 4.98 Å². The van der Waals surface area contributed by atoms with Gasteiger partial charge < -0.3 is 10.3 Å². The van der Waals surface area contributed by atoms with Crippen LogP contribution in [0.5, 0.6) is 0 Å². The second-order valence-electron chi connectivity index (χ2n) is 6.12. The number of fused-ring (bicyclic) bond motifs is 1. The number of alkyl halides is 3. The van der Waals surface area contributed by atoms with E-state index in [1.165, 1.54) is 6.07 Å². The Morgan fingerprint density at radius 3 is 2.62 bits per heavy atom. The van der Waals surface area contributed by atoms with Crippen molar-refractivity contribution in [3.63, 3.8) is 0 Å². The molecule has 3 rings (SSSR count). The second kappa shape index (κ2) is 6.82. The third-order valence-corrected chi connectivity index (χ3v) is 4.36. The van der Waals surface area contributed by atoms with E-state index in [0.717, 1.165) is 18.6 Å². The van der Waals surface area contributed by atoms with Crippen molar-refractivity contribution in [1.82, 2.24) is 9.55 Å². The number of aromatic nitrogens is 2. The zero-order valence-electron chi connectivity index (χ0n) is 14.1. The van der Waals surface area contributed by atoms with Gasteiger partial charge in [-0.3, -0.25) is 4.79 Å². The number of nitrogens with two attached hydrogens (primary N) is 1. The molecule has 2 aromatic carbocycles. The van der Waals surface area contributed by atoms with Gasteiger partial charge in [0.2, 0.25) is 0 Å². The molecule has 7 heteroatoms. The zero-order valence-corrected chi connectivity index (χ0v) is 14.1. The highest BCUT2D eigenvalue weighted by molar-refractivity contribution is 6.04. The lowest BCUT2D eigenvalue weighted by molar-refractivity contribution is -0.137. The van der Waals surface area contributed by atoms with Crippen molar-refractivity contribution in [2.75, 3.05) is 0 Å². The van der Waals surface area contributed by atoms with Gasteiger partial charge in [0.05, 0.1) is 34.5 Å². The fourth-order valence-electron chi connectivity index (χ4n) is 3.19. The Hall–Kier alpha value is -2.83. The number of hydrogen-bond acceptors (Lipinski definition) is 2. The predicted molar refractivity (Wildman–Crippen MR) is 92.7 cm³/mol. The van der Waals surface area contributed by atoms with E-state index in [1.807, 2.05) is 6.92 Å². The molecule has 1 aromatic heterocycles. The summed E-state index contributed by atoms with van der Waals surface area (Å²) < 4.78 is 41.1. The van der Waals surface area contributed by atoms with E-state index in [1.54, 1.807) is 35.2 Å². The Kier molecular flexibility index (Phi) is 4.71.